The number of nitrogens with zero attached hydrogens (tertiary/aromatic N) is 3. The number of para-hydroxylation sites is 1. The normalized spacial score (nSPS) is 17.3. The SMILES string of the molecule is O=C(Nc1ccccc1F)N1CCCC(c2nnc(-c3ccsc3)o2)C1. The standard InChI is InChI=1S/C18H17FN4O2S/c19-14-5-1-2-6-15(14)20-18(24)23-8-3-4-12(10-23)16-21-22-17(25-16)13-7-9-26-11-13/h1-2,5-7,9,11-12H,3-4,8,10H2,(H,20,24). The van der Waals surface area contributed by atoms with Gasteiger partial charge in [-0.25, -0.2) is 9.18 Å². The fraction of sp³-hybridized carbons (Fsp3) is 0.278. The summed E-state index contributed by atoms with van der Waals surface area (Å²) in [6, 6.07) is 7.73. The molecule has 1 fully saturated rings. The van der Waals surface area contributed by atoms with E-state index >= 15 is 0 Å². The van der Waals surface area contributed by atoms with Gasteiger partial charge in [0.2, 0.25) is 11.8 Å². The van der Waals surface area contributed by atoms with Crippen molar-refractivity contribution in [2.75, 3.05) is 18.4 Å². The van der Waals surface area contributed by atoms with Crippen molar-refractivity contribution >= 4 is 23.1 Å². The average Bonchev–Trinajstić information content (AvgIpc) is 3.35. The molecule has 0 aliphatic carbocycles. The van der Waals surface area contributed by atoms with Crippen LogP contribution in [0.25, 0.3) is 11.5 Å². The molecule has 8 heteroatoms. The average molecular weight is 372 g/mol. The summed E-state index contributed by atoms with van der Waals surface area (Å²) in [6.45, 7) is 1.08. The first-order chi connectivity index (χ1) is 12.7. The van der Waals surface area contributed by atoms with Crippen LogP contribution in [0.15, 0.2) is 45.5 Å². The predicted octanol–water partition coefficient (Wildman–Crippen LogP) is 4.35. The molecule has 3 aromatic rings. The largest absolute Gasteiger partial charge is 0.420 e. The van der Waals surface area contributed by atoms with Crippen LogP contribution in [0.3, 0.4) is 0 Å². The van der Waals surface area contributed by atoms with Crippen molar-refractivity contribution in [3.05, 3.63) is 52.8 Å². The van der Waals surface area contributed by atoms with Crippen LogP contribution >= 0.6 is 11.3 Å². The van der Waals surface area contributed by atoms with E-state index in [0.717, 1.165) is 18.4 Å². The smallest absolute Gasteiger partial charge is 0.321 e. The van der Waals surface area contributed by atoms with Crippen molar-refractivity contribution in [1.82, 2.24) is 15.1 Å². The van der Waals surface area contributed by atoms with E-state index in [2.05, 4.69) is 15.5 Å². The van der Waals surface area contributed by atoms with Crippen molar-refractivity contribution in [2.45, 2.75) is 18.8 Å². The fourth-order valence-electron chi connectivity index (χ4n) is 3.02. The Hall–Kier alpha value is -2.74. The second-order valence-electron chi connectivity index (χ2n) is 6.15. The van der Waals surface area contributed by atoms with Gasteiger partial charge < -0.3 is 14.6 Å². The van der Waals surface area contributed by atoms with Crippen LogP contribution in [0.2, 0.25) is 0 Å². The summed E-state index contributed by atoms with van der Waals surface area (Å²) >= 11 is 1.57. The second-order valence-corrected chi connectivity index (χ2v) is 6.93. The van der Waals surface area contributed by atoms with Gasteiger partial charge in [0.1, 0.15) is 5.82 Å². The molecule has 134 valence electrons. The molecule has 3 heterocycles. The van der Waals surface area contributed by atoms with E-state index in [1.54, 1.807) is 34.4 Å². The highest BCUT2D eigenvalue weighted by Gasteiger charge is 2.29. The van der Waals surface area contributed by atoms with Gasteiger partial charge in [0.25, 0.3) is 0 Å². The number of amides is 2. The summed E-state index contributed by atoms with van der Waals surface area (Å²) in [5, 5.41) is 14.8. The lowest BCUT2D eigenvalue weighted by Crippen LogP contribution is -2.41. The lowest BCUT2D eigenvalue weighted by Gasteiger charge is -2.31. The van der Waals surface area contributed by atoms with E-state index in [-0.39, 0.29) is 17.6 Å². The van der Waals surface area contributed by atoms with Crippen LogP contribution in [0.5, 0.6) is 0 Å². The third kappa shape index (κ3) is 3.45. The molecule has 0 saturated carbocycles. The summed E-state index contributed by atoms with van der Waals surface area (Å²) < 4.78 is 19.5. The molecular formula is C18H17FN4O2S. The Morgan fingerprint density at radius 3 is 3.00 bits per heavy atom. The molecule has 26 heavy (non-hydrogen) atoms. The van der Waals surface area contributed by atoms with E-state index in [4.69, 9.17) is 4.42 Å². The van der Waals surface area contributed by atoms with Gasteiger partial charge in [0.15, 0.2) is 0 Å². The molecule has 1 aliphatic rings. The minimum Gasteiger partial charge on any atom is -0.420 e. The number of nitrogens with one attached hydrogen (secondary N) is 1. The maximum atomic E-state index is 13.7. The van der Waals surface area contributed by atoms with E-state index < -0.39 is 5.82 Å². The summed E-state index contributed by atoms with van der Waals surface area (Å²) in [6.07, 6.45) is 1.69. The Bertz CT molecular complexity index is 896. The Balaban J connectivity index is 1.44. The molecule has 0 spiro atoms. The lowest BCUT2D eigenvalue weighted by molar-refractivity contribution is 0.187. The van der Waals surface area contributed by atoms with Crippen LogP contribution in [-0.2, 0) is 0 Å². The minimum absolute atomic E-state index is 0.0185. The molecule has 6 nitrogen and oxygen atoms in total. The number of hydrogen-bond donors (Lipinski definition) is 1. The van der Waals surface area contributed by atoms with Crippen molar-refractivity contribution in [3.8, 4) is 11.5 Å². The molecule has 0 radical (unpaired) electrons. The number of halogens is 1. The number of thiophene rings is 1. The number of urea groups is 1. The van der Waals surface area contributed by atoms with Gasteiger partial charge >= 0.3 is 6.03 Å². The summed E-state index contributed by atoms with van der Waals surface area (Å²) in [5.74, 6) is 0.561. The summed E-state index contributed by atoms with van der Waals surface area (Å²) in [4.78, 5) is 14.1. The number of likely N-dealkylation sites (tertiary alicyclic amines) is 1. The lowest BCUT2D eigenvalue weighted by atomic mass is 9.98. The number of piperidine rings is 1. The van der Waals surface area contributed by atoms with Gasteiger partial charge in [-0.1, -0.05) is 12.1 Å². The minimum atomic E-state index is -0.452. The number of rotatable bonds is 3. The number of carbonyl (C=O) groups is 1. The Morgan fingerprint density at radius 1 is 1.31 bits per heavy atom. The predicted molar refractivity (Wildman–Crippen MR) is 96.6 cm³/mol. The molecule has 1 N–H and O–H groups in total. The highest BCUT2D eigenvalue weighted by atomic mass is 32.1. The zero-order chi connectivity index (χ0) is 17.9. The summed E-state index contributed by atoms with van der Waals surface area (Å²) in [5.41, 5.74) is 1.08. The molecular weight excluding hydrogens is 355 g/mol. The molecule has 2 amide bonds. The van der Waals surface area contributed by atoms with Crippen LogP contribution in [0.1, 0.15) is 24.7 Å². The van der Waals surface area contributed by atoms with Crippen molar-refractivity contribution in [3.63, 3.8) is 0 Å². The molecule has 1 unspecified atom stereocenters. The number of aromatic nitrogens is 2. The molecule has 4 rings (SSSR count). The van der Waals surface area contributed by atoms with Gasteiger partial charge in [0.05, 0.1) is 11.6 Å². The molecule has 1 aromatic carbocycles. The van der Waals surface area contributed by atoms with E-state index in [1.165, 1.54) is 6.07 Å². The number of carbonyl (C=O) groups excluding carboxylic acids is 1. The first-order valence-electron chi connectivity index (χ1n) is 8.37. The number of anilines is 1. The quantitative estimate of drug-likeness (QED) is 0.742. The Kier molecular flexibility index (Phi) is 4.66. The van der Waals surface area contributed by atoms with E-state index in [0.29, 0.717) is 24.9 Å². The van der Waals surface area contributed by atoms with Crippen molar-refractivity contribution in [1.29, 1.82) is 0 Å². The van der Waals surface area contributed by atoms with E-state index in [1.807, 2.05) is 16.8 Å². The maximum Gasteiger partial charge on any atom is 0.321 e. The molecule has 1 aliphatic heterocycles. The molecule has 2 aromatic heterocycles. The monoisotopic (exact) mass is 372 g/mol. The molecule has 1 atom stereocenters. The Morgan fingerprint density at radius 2 is 2.19 bits per heavy atom. The second kappa shape index (κ2) is 7.25. The van der Waals surface area contributed by atoms with Gasteiger partial charge in [-0.05, 0) is 36.4 Å². The Labute approximate surface area is 153 Å². The van der Waals surface area contributed by atoms with Crippen molar-refractivity contribution in [2.24, 2.45) is 0 Å². The van der Waals surface area contributed by atoms with Crippen molar-refractivity contribution < 1.29 is 13.6 Å². The highest BCUT2D eigenvalue weighted by Crippen LogP contribution is 2.29. The highest BCUT2D eigenvalue weighted by molar-refractivity contribution is 7.08. The van der Waals surface area contributed by atoms with Crippen LogP contribution < -0.4 is 5.32 Å². The van der Waals surface area contributed by atoms with Crippen LogP contribution in [0, 0.1) is 5.82 Å². The molecule has 0 bridgehead atoms. The first-order valence-corrected chi connectivity index (χ1v) is 9.31. The topological polar surface area (TPSA) is 71.3 Å². The van der Waals surface area contributed by atoms with Gasteiger partial charge in [0, 0.05) is 24.0 Å². The zero-order valence-corrected chi connectivity index (χ0v) is 14.7. The van der Waals surface area contributed by atoms with Crippen LogP contribution in [-0.4, -0.2) is 34.2 Å². The number of benzene rings is 1. The third-order valence-corrected chi connectivity index (χ3v) is 5.07. The number of hydrogen-bond acceptors (Lipinski definition) is 5. The van der Waals surface area contributed by atoms with E-state index in [9.17, 15) is 9.18 Å². The van der Waals surface area contributed by atoms with Gasteiger partial charge in [-0.3, -0.25) is 0 Å². The molecule has 1 saturated heterocycles. The fourth-order valence-corrected chi connectivity index (χ4v) is 3.65. The first kappa shape index (κ1) is 16.7. The van der Waals surface area contributed by atoms with Crippen LogP contribution in [0.4, 0.5) is 14.9 Å². The third-order valence-electron chi connectivity index (χ3n) is 4.38. The zero-order valence-electron chi connectivity index (χ0n) is 13.9. The summed E-state index contributed by atoms with van der Waals surface area (Å²) in [7, 11) is 0. The van der Waals surface area contributed by atoms with Gasteiger partial charge in [-0.2, -0.15) is 11.3 Å². The maximum absolute atomic E-state index is 13.7. The van der Waals surface area contributed by atoms with Gasteiger partial charge in [-0.15, -0.1) is 10.2 Å².